The molecular formula is C27H32FNO2. The van der Waals surface area contributed by atoms with Crippen molar-refractivity contribution in [3.05, 3.63) is 95.5 Å². The molecule has 3 nitrogen and oxygen atoms in total. The molecule has 0 amide bonds. The molecule has 3 rings (SSSR count). The Hall–Kier alpha value is -2.87. The Morgan fingerprint density at radius 2 is 1.77 bits per heavy atom. The van der Waals surface area contributed by atoms with Crippen LogP contribution in [0.15, 0.2) is 78.6 Å². The fourth-order valence-electron chi connectivity index (χ4n) is 3.93. The topological polar surface area (TPSA) is 43.7 Å². The monoisotopic (exact) mass is 421 g/mol. The van der Waals surface area contributed by atoms with Crippen LogP contribution in [0.25, 0.3) is 0 Å². The zero-order valence-corrected chi connectivity index (χ0v) is 18.3. The van der Waals surface area contributed by atoms with Gasteiger partial charge in [0.1, 0.15) is 12.0 Å². The third kappa shape index (κ3) is 6.82. The number of terminal acetylenes is 1. The van der Waals surface area contributed by atoms with Crippen LogP contribution < -0.4 is 0 Å². The largest absolute Gasteiger partial charge is 0.501 e. The van der Waals surface area contributed by atoms with E-state index in [1.807, 2.05) is 18.9 Å². The number of aryl methyl sites for hydroxylation is 1. The zero-order valence-electron chi connectivity index (χ0n) is 18.3. The number of rotatable bonds is 7. The summed E-state index contributed by atoms with van der Waals surface area (Å²) in [7, 11) is 0. The van der Waals surface area contributed by atoms with Crippen LogP contribution >= 0.6 is 0 Å². The summed E-state index contributed by atoms with van der Waals surface area (Å²) in [6.45, 7) is 8.02. The van der Waals surface area contributed by atoms with Crippen LogP contribution in [-0.4, -0.2) is 33.9 Å². The van der Waals surface area contributed by atoms with Gasteiger partial charge < -0.3 is 10.2 Å². The van der Waals surface area contributed by atoms with Crippen LogP contribution in [0.4, 0.5) is 4.39 Å². The Labute approximate surface area is 185 Å². The molecule has 1 aliphatic heterocycles. The van der Waals surface area contributed by atoms with E-state index in [0.717, 1.165) is 31.4 Å². The van der Waals surface area contributed by atoms with Crippen LogP contribution in [0, 0.1) is 18.2 Å². The van der Waals surface area contributed by atoms with Gasteiger partial charge in [0.15, 0.2) is 5.76 Å². The number of hydrogen-bond donors (Lipinski definition) is 2. The first kappa shape index (κ1) is 24.4. The first-order valence-corrected chi connectivity index (χ1v) is 10.6. The van der Waals surface area contributed by atoms with Crippen molar-refractivity contribution in [3.63, 3.8) is 0 Å². The lowest BCUT2D eigenvalue weighted by Crippen LogP contribution is -2.62. The number of aliphatic hydroxyl groups excluding tert-OH is 2. The van der Waals surface area contributed by atoms with Gasteiger partial charge in [-0.3, -0.25) is 4.90 Å². The number of aliphatic hydroxyl groups is 2. The molecule has 0 spiro atoms. The minimum atomic E-state index is -0.503. The predicted octanol–water partition coefficient (Wildman–Crippen LogP) is 5.59. The van der Waals surface area contributed by atoms with E-state index in [9.17, 15) is 9.50 Å². The first-order valence-electron chi connectivity index (χ1n) is 10.6. The summed E-state index contributed by atoms with van der Waals surface area (Å²) in [5.74, 6) is 1.45. The molecule has 1 aliphatic rings. The Balaban J connectivity index is 0.000000614. The van der Waals surface area contributed by atoms with Crippen LogP contribution in [0.3, 0.4) is 0 Å². The molecule has 0 aromatic heterocycles. The van der Waals surface area contributed by atoms with Gasteiger partial charge in [0.2, 0.25) is 0 Å². The molecule has 0 radical (unpaired) electrons. The smallest absolute Gasteiger partial charge is 0.159 e. The van der Waals surface area contributed by atoms with E-state index in [4.69, 9.17) is 5.11 Å². The Morgan fingerprint density at radius 3 is 2.32 bits per heavy atom. The van der Waals surface area contributed by atoms with Gasteiger partial charge in [-0.25, -0.2) is 4.39 Å². The molecular weight excluding hydrogens is 389 g/mol. The summed E-state index contributed by atoms with van der Waals surface area (Å²) in [4.78, 5) is 2.17. The lowest BCUT2D eigenvalue weighted by Gasteiger charge is -2.53. The van der Waals surface area contributed by atoms with E-state index >= 15 is 0 Å². The van der Waals surface area contributed by atoms with Crippen LogP contribution in [0.5, 0.6) is 0 Å². The standard InChI is InChI=1S/C23H28FNO.C4H4O/c1-3-17(2)22-21(19-12-14-20(24)15-13-19)23(26)25(22)16-8-7-11-18-9-5-4-6-10-18;1-3-4(2)5/h3-6,9-10,12-15,21-23,26H,7-8,11,16H2,1-2H3;1,5H,2H2/b17-3+;/t21?,22-,23?;/m1./s1. The highest BCUT2D eigenvalue weighted by molar-refractivity contribution is 5.32. The highest BCUT2D eigenvalue weighted by Crippen LogP contribution is 2.43. The van der Waals surface area contributed by atoms with Crippen molar-refractivity contribution in [2.75, 3.05) is 6.54 Å². The fraction of sp³-hybridized carbons (Fsp3) is 0.333. The maximum absolute atomic E-state index is 13.2. The molecule has 2 aromatic carbocycles. The molecule has 1 saturated heterocycles. The van der Waals surface area contributed by atoms with Crippen molar-refractivity contribution in [2.45, 2.75) is 51.3 Å². The summed E-state index contributed by atoms with van der Waals surface area (Å²) in [6.07, 6.45) is 9.41. The number of allylic oxidation sites excluding steroid dienone is 2. The third-order valence-corrected chi connectivity index (χ3v) is 5.68. The second kappa shape index (κ2) is 12.1. The van der Waals surface area contributed by atoms with Gasteiger partial charge in [-0.05, 0) is 68.9 Å². The van der Waals surface area contributed by atoms with E-state index in [1.165, 1.54) is 23.3 Å². The molecule has 0 saturated carbocycles. The quantitative estimate of drug-likeness (QED) is 0.265. The molecule has 0 aliphatic carbocycles. The van der Waals surface area contributed by atoms with Gasteiger partial charge in [-0.1, -0.05) is 54.1 Å². The van der Waals surface area contributed by atoms with Crippen LogP contribution in [0.2, 0.25) is 0 Å². The summed E-state index contributed by atoms with van der Waals surface area (Å²) < 4.78 is 13.2. The summed E-state index contributed by atoms with van der Waals surface area (Å²) in [6, 6.07) is 17.3. The number of benzene rings is 2. The molecule has 4 heteroatoms. The summed E-state index contributed by atoms with van der Waals surface area (Å²) in [5.41, 5.74) is 3.63. The third-order valence-electron chi connectivity index (χ3n) is 5.68. The zero-order chi connectivity index (χ0) is 22.8. The maximum Gasteiger partial charge on any atom is 0.159 e. The van der Waals surface area contributed by atoms with Crippen molar-refractivity contribution in [2.24, 2.45) is 0 Å². The average molecular weight is 422 g/mol. The second-order valence-electron chi connectivity index (χ2n) is 7.74. The fourth-order valence-corrected chi connectivity index (χ4v) is 3.93. The van der Waals surface area contributed by atoms with E-state index in [0.29, 0.717) is 0 Å². The number of unbranched alkanes of at least 4 members (excludes halogenated alkanes) is 1. The van der Waals surface area contributed by atoms with Crippen LogP contribution in [-0.2, 0) is 6.42 Å². The second-order valence-corrected chi connectivity index (χ2v) is 7.74. The highest BCUT2D eigenvalue weighted by atomic mass is 19.1. The predicted molar refractivity (Wildman–Crippen MR) is 125 cm³/mol. The summed E-state index contributed by atoms with van der Waals surface area (Å²) >= 11 is 0. The normalized spacial score (nSPS) is 20.7. The number of halogens is 1. The minimum Gasteiger partial charge on any atom is -0.501 e. The van der Waals surface area contributed by atoms with Gasteiger partial charge >= 0.3 is 0 Å². The molecule has 164 valence electrons. The molecule has 2 aromatic rings. The van der Waals surface area contributed by atoms with Crippen molar-refractivity contribution in [1.29, 1.82) is 0 Å². The number of likely N-dealkylation sites (tertiary alicyclic amines) is 1. The lowest BCUT2D eigenvalue weighted by atomic mass is 9.76. The molecule has 1 fully saturated rings. The molecule has 3 atom stereocenters. The van der Waals surface area contributed by atoms with Gasteiger partial charge in [0.25, 0.3) is 0 Å². The average Bonchev–Trinajstić information content (AvgIpc) is 2.78. The molecule has 31 heavy (non-hydrogen) atoms. The van der Waals surface area contributed by atoms with Gasteiger partial charge in [-0.15, -0.1) is 6.42 Å². The Bertz CT molecular complexity index is 899. The Morgan fingerprint density at radius 1 is 1.16 bits per heavy atom. The number of hydrogen-bond acceptors (Lipinski definition) is 3. The van der Waals surface area contributed by atoms with Crippen molar-refractivity contribution < 1.29 is 14.6 Å². The van der Waals surface area contributed by atoms with Gasteiger partial charge in [0.05, 0.1) is 0 Å². The highest BCUT2D eigenvalue weighted by Gasteiger charge is 2.48. The Kier molecular flexibility index (Phi) is 9.52. The van der Waals surface area contributed by atoms with Crippen LogP contribution in [0.1, 0.15) is 43.7 Å². The molecule has 1 heterocycles. The van der Waals surface area contributed by atoms with Crippen molar-refractivity contribution >= 4 is 0 Å². The number of nitrogens with zero attached hydrogens (tertiary/aromatic N) is 1. The van der Waals surface area contributed by atoms with Gasteiger partial charge in [-0.2, -0.15) is 0 Å². The SMILES string of the molecule is C#CC(=C)O.C/C=C(\C)[C@@H]1C(c2ccc(F)cc2)C(O)N1CCCCc1ccccc1. The first-order chi connectivity index (χ1) is 14.9. The van der Waals surface area contributed by atoms with E-state index in [-0.39, 0.29) is 23.5 Å². The van der Waals surface area contributed by atoms with Crippen molar-refractivity contribution in [3.8, 4) is 12.3 Å². The molecule has 0 bridgehead atoms. The summed E-state index contributed by atoms with van der Waals surface area (Å²) in [5, 5.41) is 18.7. The van der Waals surface area contributed by atoms with E-state index in [1.54, 1.807) is 12.1 Å². The van der Waals surface area contributed by atoms with E-state index < -0.39 is 6.23 Å². The molecule has 2 N–H and O–H groups in total. The molecule has 2 unspecified atom stereocenters. The van der Waals surface area contributed by atoms with E-state index in [2.05, 4.69) is 55.2 Å². The van der Waals surface area contributed by atoms with Gasteiger partial charge in [0, 0.05) is 18.5 Å². The minimum absolute atomic E-state index is 0.0147. The lowest BCUT2D eigenvalue weighted by molar-refractivity contribution is -0.129. The van der Waals surface area contributed by atoms with Crippen molar-refractivity contribution in [1.82, 2.24) is 4.90 Å². The maximum atomic E-state index is 13.2.